The van der Waals surface area contributed by atoms with Crippen molar-refractivity contribution in [2.24, 2.45) is 0 Å². The molecule has 1 unspecified atom stereocenters. The van der Waals surface area contributed by atoms with Crippen molar-refractivity contribution in [3.05, 3.63) is 34.5 Å². The van der Waals surface area contributed by atoms with Gasteiger partial charge in [-0.3, -0.25) is 4.79 Å². The van der Waals surface area contributed by atoms with E-state index in [1.54, 1.807) is 6.92 Å². The summed E-state index contributed by atoms with van der Waals surface area (Å²) in [6, 6.07) is 6.01. The Labute approximate surface area is 123 Å². The molecule has 0 aliphatic carbocycles. The summed E-state index contributed by atoms with van der Waals surface area (Å²) in [5.74, 6) is -0.126. The Morgan fingerprint density at radius 2 is 2.20 bits per heavy atom. The lowest BCUT2D eigenvalue weighted by Gasteiger charge is -2.09. The highest BCUT2D eigenvalue weighted by Gasteiger charge is 2.11. The molecule has 4 nitrogen and oxygen atoms in total. The van der Waals surface area contributed by atoms with Crippen molar-refractivity contribution in [1.29, 1.82) is 0 Å². The van der Waals surface area contributed by atoms with Crippen LogP contribution in [0, 0.1) is 0 Å². The van der Waals surface area contributed by atoms with Crippen LogP contribution in [0.5, 0.6) is 0 Å². The molecule has 0 bridgehead atoms. The molecule has 1 amide bonds. The minimum atomic E-state index is -0.444. The Morgan fingerprint density at radius 1 is 1.45 bits per heavy atom. The maximum Gasteiger partial charge on any atom is 0.249 e. The van der Waals surface area contributed by atoms with Crippen molar-refractivity contribution >= 4 is 28.4 Å². The number of aryl methyl sites for hydroxylation is 1. The Hall–Kier alpha value is -1.52. The number of amides is 1. The summed E-state index contributed by atoms with van der Waals surface area (Å²) < 4.78 is 4.97. The van der Waals surface area contributed by atoms with Crippen LogP contribution < -0.4 is 5.32 Å². The van der Waals surface area contributed by atoms with Gasteiger partial charge in [0.1, 0.15) is 6.10 Å². The zero-order valence-electron chi connectivity index (χ0n) is 11.9. The van der Waals surface area contributed by atoms with Gasteiger partial charge in [0, 0.05) is 28.7 Å². The summed E-state index contributed by atoms with van der Waals surface area (Å²) in [6.07, 6.45) is 0.450. The van der Waals surface area contributed by atoms with Gasteiger partial charge >= 0.3 is 0 Å². The number of methoxy groups -OCH3 is 1. The van der Waals surface area contributed by atoms with Gasteiger partial charge < -0.3 is 15.0 Å². The third-order valence-corrected chi connectivity index (χ3v) is 3.75. The van der Waals surface area contributed by atoms with E-state index in [2.05, 4.69) is 23.3 Å². The summed E-state index contributed by atoms with van der Waals surface area (Å²) in [4.78, 5) is 14.9. The van der Waals surface area contributed by atoms with Crippen LogP contribution in [-0.2, 0) is 22.5 Å². The molecular weight excluding hydrogens is 276 g/mol. The van der Waals surface area contributed by atoms with E-state index in [0.29, 0.717) is 6.54 Å². The largest absolute Gasteiger partial charge is 0.372 e. The van der Waals surface area contributed by atoms with Crippen molar-refractivity contribution in [3.63, 3.8) is 0 Å². The van der Waals surface area contributed by atoms with E-state index >= 15 is 0 Å². The van der Waals surface area contributed by atoms with Crippen LogP contribution in [0.1, 0.15) is 25.1 Å². The quantitative estimate of drug-likeness (QED) is 0.890. The Balaban J connectivity index is 2.14. The summed E-state index contributed by atoms with van der Waals surface area (Å²) in [7, 11) is 1.52. The van der Waals surface area contributed by atoms with Crippen molar-refractivity contribution in [1.82, 2.24) is 10.3 Å². The number of H-pyrrole nitrogens is 1. The molecule has 1 atom stereocenters. The van der Waals surface area contributed by atoms with Gasteiger partial charge in [0.15, 0.2) is 0 Å². The smallest absolute Gasteiger partial charge is 0.249 e. The van der Waals surface area contributed by atoms with Crippen molar-refractivity contribution in [3.8, 4) is 0 Å². The lowest BCUT2D eigenvalue weighted by molar-refractivity contribution is -0.130. The van der Waals surface area contributed by atoms with Crippen LogP contribution in [0.2, 0.25) is 5.02 Å². The molecule has 0 saturated carbocycles. The minimum absolute atomic E-state index is 0.126. The molecule has 2 rings (SSSR count). The molecule has 1 aromatic heterocycles. The second kappa shape index (κ2) is 6.29. The van der Waals surface area contributed by atoms with E-state index in [0.717, 1.165) is 33.6 Å². The van der Waals surface area contributed by atoms with Crippen LogP contribution in [0.4, 0.5) is 0 Å². The molecule has 0 aliphatic heterocycles. The highest BCUT2D eigenvalue weighted by Crippen LogP contribution is 2.25. The summed E-state index contributed by atoms with van der Waals surface area (Å²) in [5.41, 5.74) is 3.10. The van der Waals surface area contributed by atoms with Crippen molar-refractivity contribution in [2.45, 2.75) is 32.9 Å². The predicted molar refractivity (Wildman–Crippen MR) is 81.0 cm³/mol. The molecule has 2 aromatic rings. The number of aromatic nitrogens is 1. The number of hydrogen-bond acceptors (Lipinski definition) is 2. The molecule has 108 valence electrons. The maximum absolute atomic E-state index is 11.6. The Kier molecular flexibility index (Phi) is 4.68. The molecule has 0 spiro atoms. The number of benzene rings is 1. The van der Waals surface area contributed by atoms with Gasteiger partial charge in [-0.2, -0.15) is 0 Å². The minimum Gasteiger partial charge on any atom is -0.372 e. The topological polar surface area (TPSA) is 54.1 Å². The summed E-state index contributed by atoms with van der Waals surface area (Å²) >= 11 is 6.20. The fraction of sp³-hybridized carbons (Fsp3) is 0.400. The number of fused-ring (bicyclic) bond motifs is 1. The molecule has 0 radical (unpaired) electrons. The van der Waals surface area contributed by atoms with E-state index in [1.807, 2.05) is 12.1 Å². The normalized spacial score (nSPS) is 12.6. The van der Waals surface area contributed by atoms with E-state index < -0.39 is 6.10 Å². The molecule has 2 N–H and O–H groups in total. The van der Waals surface area contributed by atoms with Gasteiger partial charge in [-0.1, -0.05) is 18.5 Å². The molecule has 1 aromatic carbocycles. The zero-order chi connectivity index (χ0) is 14.7. The van der Waals surface area contributed by atoms with E-state index in [1.165, 1.54) is 7.11 Å². The number of nitrogens with one attached hydrogen (secondary N) is 2. The third-order valence-electron chi connectivity index (χ3n) is 3.40. The van der Waals surface area contributed by atoms with Gasteiger partial charge in [0.2, 0.25) is 5.91 Å². The molecule has 0 saturated heterocycles. The monoisotopic (exact) mass is 294 g/mol. The second-order valence-corrected chi connectivity index (χ2v) is 5.18. The summed E-state index contributed by atoms with van der Waals surface area (Å²) in [5, 5.41) is 4.66. The SMILES string of the molecule is CCc1cc2[nH]c(CNC(=O)C(C)OC)cc2cc1Cl. The van der Waals surface area contributed by atoms with Crippen LogP contribution in [0.15, 0.2) is 18.2 Å². The molecule has 0 fully saturated rings. The standard InChI is InChI=1S/C15H19ClN2O2/c1-4-10-7-14-11(6-13(10)16)5-12(18-14)8-17-15(19)9(2)20-3/h5-7,9,18H,4,8H2,1-3H3,(H,17,19). The number of rotatable bonds is 5. The first kappa shape index (κ1) is 14.9. The average molecular weight is 295 g/mol. The highest BCUT2D eigenvalue weighted by molar-refractivity contribution is 6.32. The molecule has 0 aliphatic rings. The fourth-order valence-corrected chi connectivity index (χ4v) is 2.36. The predicted octanol–water partition coefficient (Wildman–Crippen LogP) is 3.03. The second-order valence-electron chi connectivity index (χ2n) is 4.77. The van der Waals surface area contributed by atoms with Crippen molar-refractivity contribution in [2.75, 3.05) is 7.11 Å². The van der Waals surface area contributed by atoms with Crippen LogP contribution in [0.3, 0.4) is 0 Å². The van der Waals surface area contributed by atoms with Crippen LogP contribution in [0.25, 0.3) is 10.9 Å². The third kappa shape index (κ3) is 3.14. The lowest BCUT2D eigenvalue weighted by atomic mass is 10.1. The van der Waals surface area contributed by atoms with E-state index in [4.69, 9.17) is 16.3 Å². The number of halogens is 1. The number of carbonyl (C=O) groups is 1. The Bertz CT molecular complexity index is 622. The maximum atomic E-state index is 11.6. The van der Waals surface area contributed by atoms with Gasteiger partial charge in [-0.25, -0.2) is 0 Å². The van der Waals surface area contributed by atoms with Gasteiger partial charge in [0.25, 0.3) is 0 Å². The number of hydrogen-bond donors (Lipinski definition) is 2. The molecule has 20 heavy (non-hydrogen) atoms. The first-order valence-corrected chi connectivity index (χ1v) is 7.03. The molecular formula is C15H19ClN2O2. The first-order chi connectivity index (χ1) is 9.55. The van der Waals surface area contributed by atoms with E-state index in [-0.39, 0.29) is 5.91 Å². The van der Waals surface area contributed by atoms with Crippen molar-refractivity contribution < 1.29 is 9.53 Å². The van der Waals surface area contributed by atoms with Gasteiger partial charge in [0.05, 0.1) is 6.54 Å². The zero-order valence-corrected chi connectivity index (χ0v) is 12.7. The van der Waals surface area contributed by atoms with E-state index in [9.17, 15) is 4.79 Å². The number of carbonyl (C=O) groups excluding carboxylic acids is 1. The average Bonchev–Trinajstić information content (AvgIpc) is 2.84. The van der Waals surface area contributed by atoms with Crippen LogP contribution >= 0.6 is 11.6 Å². The summed E-state index contributed by atoms with van der Waals surface area (Å²) in [6.45, 7) is 4.23. The van der Waals surface area contributed by atoms with Gasteiger partial charge in [-0.05, 0) is 37.1 Å². The fourth-order valence-electron chi connectivity index (χ4n) is 2.06. The number of ether oxygens (including phenoxy) is 1. The van der Waals surface area contributed by atoms with Crippen LogP contribution in [-0.4, -0.2) is 24.1 Å². The number of aromatic amines is 1. The lowest BCUT2D eigenvalue weighted by Crippen LogP contribution is -2.33. The van der Waals surface area contributed by atoms with Gasteiger partial charge in [-0.15, -0.1) is 0 Å². The first-order valence-electron chi connectivity index (χ1n) is 6.65. The Morgan fingerprint density at radius 3 is 2.85 bits per heavy atom. The molecule has 1 heterocycles. The molecule has 5 heteroatoms. The highest BCUT2D eigenvalue weighted by atomic mass is 35.5.